The highest BCUT2D eigenvalue weighted by molar-refractivity contribution is 5.85. The van der Waals surface area contributed by atoms with Crippen molar-refractivity contribution in [1.29, 1.82) is 0 Å². The van der Waals surface area contributed by atoms with Crippen molar-refractivity contribution in [1.82, 2.24) is 20.2 Å². The van der Waals surface area contributed by atoms with E-state index >= 15 is 0 Å². The Hall–Kier alpha value is -2.50. The van der Waals surface area contributed by atoms with E-state index in [1.54, 1.807) is 18.3 Å². The Kier molecular flexibility index (Phi) is 2.60. The van der Waals surface area contributed by atoms with Crippen LogP contribution in [0.3, 0.4) is 0 Å². The summed E-state index contributed by atoms with van der Waals surface area (Å²) in [4.78, 5) is 8.21. The summed E-state index contributed by atoms with van der Waals surface area (Å²) in [5.41, 5.74) is 1.67. The third kappa shape index (κ3) is 2.00. The normalized spacial score (nSPS) is 10.7. The second-order valence-corrected chi connectivity index (χ2v) is 3.83. The minimum atomic E-state index is -0.238. The van der Waals surface area contributed by atoms with E-state index < -0.39 is 0 Å². The third-order valence-corrected chi connectivity index (χ3v) is 2.62. The van der Waals surface area contributed by atoms with Crippen molar-refractivity contribution in [3.8, 4) is 0 Å². The molecule has 0 aliphatic heterocycles. The van der Waals surface area contributed by atoms with Gasteiger partial charge in [0.15, 0.2) is 5.65 Å². The van der Waals surface area contributed by atoms with E-state index in [0.717, 1.165) is 10.9 Å². The molecule has 0 aliphatic carbocycles. The number of hydrogen-bond acceptors (Lipinski definition) is 4. The summed E-state index contributed by atoms with van der Waals surface area (Å²) >= 11 is 0. The summed E-state index contributed by atoms with van der Waals surface area (Å²) in [6, 6.07) is 6.33. The van der Waals surface area contributed by atoms with Gasteiger partial charge >= 0.3 is 0 Å². The predicted molar refractivity (Wildman–Crippen MR) is 65.4 cm³/mol. The minimum Gasteiger partial charge on any atom is -0.365 e. The number of nitrogens with one attached hydrogen (secondary N) is 2. The van der Waals surface area contributed by atoms with Gasteiger partial charge in [0.1, 0.15) is 18.0 Å². The van der Waals surface area contributed by atoms with Crippen molar-refractivity contribution >= 4 is 16.9 Å². The van der Waals surface area contributed by atoms with Crippen molar-refractivity contribution in [2.24, 2.45) is 0 Å². The third-order valence-electron chi connectivity index (χ3n) is 2.62. The second-order valence-electron chi connectivity index (χ2n) is 3.83. The van der Waals surface area contributed by atoms with Crippen LogP contribution in [0.25, 0.3) is 11.0 Å². The summed E-state index contributed by atoms with van der Waals surface area (Å²) in [5, 5.41) is 10.7. The van der Waals surface area contributed by atoms with Crippen LogP contribution >= 0.6 is 0 Å². The van der Waals surface area contributed by atoms with Crippen molar-refractivity contribution in [2.75, 3.05) is 5.32 Å². The average Bonchev–Trinajstić information content (AvgIpc) is 2.87. The molecule has 0 spiro atoms. The highest BCUT2D eigenvalue weighted by Gasteiger charge is 2.04. The quantitative estimate of drug-likeness (QED) is 0.739. The van der Waals surface area contributed by atoms with Gasteiger partial charge in [-0.05, 0) is 17.7 Å². The number of hydrogen-bond donors (Lipinski definition) is 2. The lowest BCUT2D eigenvalue weighted by Gasteiger charge is -2.05. The molecule has 6 heteroatoms. The van der Waals surface area contributed by atoms with E-state index in [9.17, 15) is 4.39 Å². The molecule has 90 valence electrons. The Bertz CT molecular complexity index is 662. The van der Waals surface area contributed by atoms with Crippen LogP contribution in [0.15, 0.2) is 36.8 Å². The fourth-order valence-electron chi connectivity index (χ4n) is 1.69. The first-order chi connectivity index (χ1) is 8.83. The van der Waals surface area contributed by atoms with Gasteiger partial charge in [-0.15, -0.1) is 0 Å². The van der Waals surface area contributed by atoms with Gasteiger partial charge in [-0.3, -0.25) is 5.10 Å². The van der Waals surface area contributed by atoms with Crippen LogP contribution in [0.2, 0.25) is 0 Å². The Morgan fingerprint density at radius 1 is 1.17 bits per heavy atom. The second kappa shape index (κ2) is 4.40. The van der Waals surface area contributed by atoms with Gasteiger partial charge < -0.3 is 5.32 Å². The lowest BCUT2D eigenvalue weighted by Crippen LogP contribution is -2.02. The standard InChI is InChI=1S/C12H10FN5/c13-9-3-1-8(2-4-9)5-14-11-10-6-17-18-12(10)16-7-15-11/h1-4,6-7H,5H2,(H2,14,15,16,17,18). The van der Waals surface area contributed by atoms with Crippen LogP contribution in [0.5, 0.6) is 0 Å². The molecule has 3 aromatic rings. The van der Waals surface area contributed by atoms with Crippen molar-refractivity contribution in [3.05, 3.63) is 48.2 Å². The highest BCUT2D eigenvalue weighted by Crippen LogP contribution is 2.16. The molecule has 0 atom stereocenters. The number of anilines is 1. The minimum absolute atomic E-state index is 0.238. The molecular weight excluding hydrogens is 233 g/mol. The number of H-pyrrole nitrogens is 1. The number of nitrogens with zero attached hydrogens (tertiary/aromatic N) is 3. The van der Waals surface area contributed by atoms with E-state index in [1.165, 1.54) is 18.5 Å². The first-order valence-corrected chi connectivity index (χ1v) is 5.45. The fourth-order valence-corrected chi connectivity index (χ4v) is 1.69. The average molecular weight is 243 g/mol. The van der Waals surface area contributed by atoms with Crippen LogP contribution in [0.4, 0.5) is 10.2 Å². The maximum Gasteiger partial charge on any atom is 0.160 e. The van der Waals surface area contributed by atoms with E-state index in [0.29, 0.717) is 18.0 Å². The van der Waals surface area contributed by atoms with Crippen LogP contribution in [0.1, 0.15) is 5.56 Å². The van der Waals surface area contributed by atoms with Gasteiger partial charge in [0.2, 0.25) is 0 Å². The summed E-state index contributed by atoms with van der Waals surface area (Å²) in [7, 11) is 0. The van der Waals surface area contributed by atoms with Crippen molar-refractivity contribution in [2.45, 2.75) is 6.54 Å². The number of aromatic amines is 1. The zero-order valence-corrected chi connectivity index (χ0v) is 9.39. The number of fused-ring (bicyclic) bond motifs is 1. The van der Waals surface area contributed by atoms with E-state index in [1.807, 2.05) is 0 Å². The summed E-state index contributed by atoms with van der Waals surface area (Å²) in [6.45, 7) is 0.567. The molecule has 0 fully saturated rings. The maximum atomic E-state index is 12.8. The fraction of sp³-hybridized carbons (Fsp3) is 0.0833. The van der Waals surface area contributed by atoms with Crippen LogP contribution < -0.4 is 5.32 Å². The van der Waals surface area contributed by atoms with Gasteiger partial charge in [-0.25, -0.2) is 14.4 Å². The zero-order chi connectivity index (χ0) is 12.4. The molecule has 5 nitrogen and oxygen atoms in total. The molecule has 3 rings (SSSR count). The molecule has 1 aromatic carbocycles. The molecular formula is C12H10FN5. The van der Waals surface area contributed by atoms with Crippen LogP contribution in [-0.2, 0) is 6.54 Å². The maximum absolute atomic E-state index is 12.8. The van der Waals surface area contributed by atoms with Gasteiger partial charge in [-0.2, -0.15) is 5.10 Å². The summed E-state index contributed by atoms with van der Waals surface area (Å²) in [5.74, 6) is 0.469. The van der Waals surface area contributed by atoms with E-state index in [2.05, 4.69) is 25.5 Å². The van der Waals surface area contributed by atoms with E-state index in [4.69, 9.17) is 0 Å². The molecule has 0 aliphatic rings. The van der Waals surface area contributed by atoms with Gasteiger partial charge in [0.05, 0.1) is 11.6 Å². The molecule has 0 bridgehead atoms. The van der Waals surface area contributed by atoms with Gasteiger partial charge in [0, 0.05) is 6.54 Å². The summed E-state index contributed by atoms with van der Waals surface area (Å²) < 4.78 is 12.8. The molecule has 0 saturated carbocycles. The predicted octanol–water partition coefficient (Wildman–Crippen LogP) is 2.10. The van der Waals surface area contributed by atoms with Crippen molar-refractivity contribution in [3.63, 3.8) is 0 Å². The molecule has 0 radical (unpaired) electrons. The molecule has 2 N–H and O–H groups in total. The first-order valence-electron chi connectivity index (χ1n) is 5.45. The van der Waals surface area contributed by atoms with Gasteiger partial charge in [-0.1, -0.05) is 12.1 Å². The lowest BCUT2D eigenvalue weighted by molar-refractivity contribution is 0.627. The Labute approximate surface area is 102 Å². The first kappa shape index (κ1) is 10.6. The van der Waals surface area contributed by atoms with Crippen LogP contribution in [-0.4, -0.2) is 20.2 Å². The number of aromatic nitrogens is 4. The number of benzene rings is 1. The summed E-state index contributed by atoms with van der Waals surface area (Å²) in [6.07, 6.45) is 3.13. The smallest absolute Gasteiger partial charge is 0.160 e. The SMILES string of the molecule is Fc1ccc(CNc2ncnc3[nH]ncc23)cc1. The lowest BCUT2D eigenvalue weighted by atomic mass is 10.2. The van der Waals surface area contributed by atoms with Crippen molar-refractivity contribution < 1.29 is 4.39 Å². The molecule has 0 amide bonds. The topological polar surface area (TPSA) is 66.5 Å². The molecule has 2 aromatic heterocycles. The van der Waals surface area contributed by atoms with E-state index in [-0.39, 0.29) is 5.82 Å². The molecule has 0 saturated heterocycles. The molecule has 2 heterocycles. The van der Waals surface area contributed by atoms with Gasteiger partial charge in [0.25, 0.3) is 0 Å². The Morgan fingerprint density at radius 3 is 2.83 bits per heavy atom. The largest absolute Gasteiger partial charge is 0.365 e. The highest BCUT2D eigenvalue weighted by atomic mass is 19.1. The molecule has 18 heavy (non-hydrogen) atoms. The molecule has 0 unspecified atom stereocenters. The zero-order valence-electron chi connectivity index (χ0n) is 9.39. The van der Waals surface area contributed by atoms with Crippen LogP contribution in [0, 0.1) is 5.82 Å². The Balaban J connectivity index is 1.80. The number of halogens is 1. The Morgan fingerprint density at radius 2 is 2.00 bits per heavy atom. The monoisotopic (exact) mass is 243 g/mol. The number of rotatable bonds is 3.